The van der Waals surface area contributed by atoms with Gasteiger partial charge in [-0.3, -0.25) is 9.48 Å². The van der Waals surface area contributed by atoms with E-state index in [1.165, 1.54) is 35.3 Å². The van der Waals surface area contributed by atoms with E-state index in [4.69, 9.17) is 17.3 Å². The van der Waals surface area contributed by atoms with E-state index in [2.05, 4.69) is 25.3 Å². The summed E-state index contributed by atoms with van der Waals surface area (Å²) < 4.78 is 28.1. The Kier molecular flexibility index (Phi) is 5.40. The summed E-state index contributed by atoms with van der Waals surface area (Å²) in [4.78, 5) is 23.4. The van der Waals surface area contributed by atoms with Gasteiger partial charge in [0.2, 0.25) is 5.95 Å². The second-order valence-electron chi connectivity index (χ2n) is 8.65. The fourth-order valence-electron chi connectivity index (χ4n) is 5.00. The minimum absolute atomic E-state index is 0.0783. The lowest BCUT2D eigenvalue weighted by Crippen LogP contribution is -2.24. The average Bonchev–Trinajstić information content (AvgIpc) is 3.43. The van der Waals surface area contributed by atoms with Crippen molar-refractivity contribution in [1.82, 2.24) is 19.7 Å². The zero-order valence-corrected chi connectivity index (χ0v) is 18.6. The Morgan fingerprint density at radius 3 is 2.48 bits per heavy atom. The molecular formula is C22H22ClF2N7O. The van der Waals surface area contributed by atoms with Crippen molar-refractivity contribution < 1.29 is 13.6 Å². The highest BCUT2D eigenvalue weighted by Gasteiger charge is 2.44. The first-order valence-corrected chi connectivity index (χ1v) is 11.0. The zero-order valence-electron chi connectivity index (χ0n) is 17.8. The van der Waals surface area contributed by atoms with E-state index >= 15 is 0 Å². The average molecular weight is 474 g/mol. The molecular weight excluding hydrogens is 452 g/mol. The fourth-order valence-corrected chi connectivity index (χ4v) is 5.18. The van der Waals surface area contributed by atoms with Gasteiger partial charge in [-0.2, -0.15) is 5.10 Å². The van der Waals surface area contributed by atoms with Gasteiger partial charge in [-0.05, 0) is 42.9 Å². The van der Waals surface area contributed by atoms with Gasteiger partial charge in [-0.25, -0.2) is 18.7 Å². The van der Waals surface area contributed by atoms with Crippen molar-refractivity contribution in [3.8, 4) is 0 Å². The third-order valence-electron chi connectivity index (χ3n) is 6.55. The predicted octanol–water partition coefficient (Wildman–Crippen LogP) is 3.61. The minimum atomic E-state index is -0.561. The number of halogens is 3. The van der Waals surface area contributed by atoms with Crippen LogP contribution in [0, 0.1) is 23.5 Å². The molecule has 1 aliphatic heterocycles. The third-order valence-corrected chi connectivity index (χ3v) is 6.84. The maximum Gasteiger partial charge on any atom is 0.261 e. The maximum absolute atomic E-state index is 13.5. The van der Waals surface area contributed by atoms with E-state index in [-0.39, 0.29) is 16.8 Å². The molecule has 1 aliphatic carbocycles. The van der Waals surface area contributed by atoms with Crippen LogP contribution in [0.15, 0.2) is 30.6 Å². The van der Waals surface area contributed by atoms with Crippen LogP contribution in [0.2, 0.25) is 5.02 Å². The number of nitrogen functional groups attached to an aromatic ring is 1. The summed E-state index contributed by atoms with van der Waals surface area (Å²) in [5, 5.41) is 7.24. The molecule has 2 fully saturated rings. The van der Waals surface area contributed by atoms with Crippen LogP contribution in [-0.4, -0.2) is 38.7 Å². The molecule has 2 aromatic heterocycles. The molecule has 8 nitrogen and oxygen atoms in total. The van der Waals surface area contributed by atoms with Crippen molar-refractivity contribution in [3.63, 3.8) is 0 Å². The molecule has 2 aliphatic rings. The number of fused-ring (bicyclic) bond motifs is 1. The highest BCUT2D eigenvalue weighted by molar-refractivity contribution is 6.31. The molecule has 3 aromatic rings. The summed E-state index contributed by atoms with van der Waals surface area (Å²) in [7, 11) is 1.70. The molecule has 5 rings (SSSR count). The molecule has 2 atom stereocenters. The molecule has 0 spiro atoms. The standard InChI is InChI=1S/C22H22ClF2N7O/c1-31-20(26)18(21(33)29-15-2-3-17(25)16(23)6-15)19(30-31)11-4-12-9-32(10-13(12)5-11)22-27-7-14(24)8-28-22/h2-3,6-8,11-13H,4-5,9-10,26H2,1H3,(H,29,33). The van der Waals surface area contributed by atoms with E-state index in [0.29, 0.717) is 34.7 Å². The highest BCUT2D eigenvalue weighted by Crippen LogP contribution is 2.47. The van der Waals surface area contributed by atoms with Crippen LogP contribution in [0.1, 0.15) is 34.8 Å². The van der Waals surface area contributed by atoms with E-state index in [1.54, 1.807) is 7.05 Å². The van der Waals surface area contributed by atoms with Gasteiger partial charge in [0.1, 0.15) is 17.2 Å². The molecule has 1 amide bonds. The predicted molar refractivity (Wildman–Crippen MR) is 120 cm³/mol. The Morgan fingerprint density at radius 2 is 1.85 bits per heavy atom. The van der Waals surface area contributed by atoms with Gasteiger partial charge in [-0.15, -0.1) is 0 Å². The second-order valence-corrected chi connectivity index (χ2v) is 9.05. The molecule has 11 heteroatoms. The lowest BCUT2D eigenvalue weighted by molar-refractivity contribution is 0.102. The number of nitrogens with one attached hydrogen (secondary N) is 1. The van der Waals surface area contributed by atoms with E-state index in [0.717, 1.165) is 25.9 Å². The second kappa shape index (κ2) is 8.26. The SMILES string of the molecule is Cn1nc(C2CC3CN(c4ncc(F)cn4)CC3C2)c(C(=O)Nc2ccc(F)c(Cl)c2)c1N. The molecule has 3 N–H and O–H groups in total. The monoisotopic (exact) mass is 473 g/mol. The van der Waals surface area contributed by atoms with Crippen molar-refractivity contribution in [2.24, 2.45) is 18.9 Å². The van der Waals surface area contributed by atoms with Crippen molar-refractivity contribution >= 4 is 35.0 Å². The molecule has 3 heterocycles. The molecule has 172 valence electrons. The molecule has 2 unspecified atom stereocenters. The number of anilines is 3. The van der Waals surface area contributed by atoms with Crippen LogP contribution in [0.25, 0.3) is 0 Å². The van der Waals surface area contributed by atoms with Gasteiger partial charge in [0.25, 0.3) is 5.91 Å². The summed E-state index contributed by atoms with van der Waals surface area (Å²) in [5.41, 5.74) is 7.58. The highest BCUT2D eigenvalue weighted by atomic mass is 35.5. The first-order chi connectivity index (χ1) is 15.8. The summed E-state index contributed by atoms with van der Waals surface area (Å²) in [6, 6.07) is 3.99. The van der Waals surface area contributed by atoms with Crippen molar-refractivity contribution in [3.05, 3.63) is 58.5 Å². The van der Waals surface area contributed by atoms with Gasteiger partial charge < -0.3 is 16.0 Å². The van der Waals surface area contributed by atoms with E-state index in [1.807, 2.05) is 0 Å². The van der Waals surface area contributed by atoms with Crippen LogP contribution in [-0.2, 0) is 7.05 Å². The smallest absolute Gasteiger partial charge is 0.261 e. The number of carbonyl (C=O) groups excluding carboxylic acids is 1. The summed E-state index contributed by atoms with van der Waals surface area (Å²) in [6.07, 6.45) is 4.05. The first kappa shape index (κ1) is 21.6. The van der Waals surface area contributed by atoms with Crippen LogP contribution in [0.5, 0.6) is 0 Å². The van der Waals surface area contributed by atoms with Crippen molar-refractivity contribution in [2.45, 2.75) is 18.8 Å². The van der Waals surface area contributed by atoms with Crippen LogP contribution in [0.3, 0.4) is 0 Å². The van der Waals surface area contributed by atoms with Gasteiger partial charge in [-0.1, -0.05) is 11.6 Å². The van der Waals surface area contributed by atoms with Gasteiger partial charge in [0.15, 0.2) is 5.82 Å². The molecule has 33 heavy (non-hydrogen) atoms. The number of nitrogens with two attached hydrogens (primary N) is 1. The van der Waals surface area contributed by atoms with Gasteiger partial charge in [0.05, 0.1) is 23.1 Å². The lowest BCUT2D eigenvalue weighted by Gasteiger charge is -2.18. The van der Waals surface area contributed by atoms with Crippen LogP contribution in [0.4, 0.5) is 26.2 Å². The third kappa shape index (κ3) is 3.99. The number of aromatic nitrogens is 4. The molecule has 1 aromatic carbocycles. The maximum atomic E-state index is 13.5. The number of hydrogen-bond donors (Lipinski definition) is 2. The van der Waals surface area contributed by atoms with Crippen molar-refractivity contribution in [2.75, 3.05) is 29.0 Å². The topological polar surface area (TPSA) is 102 Å². The van der Waals surface area contributed by atoms with E-state index < -0.39 is 17.5 Å². The number of carbonyl (C=O) groups is 1. The number of nitrogens with zero attached hydrogens (tertiary/aromatic N) is 5. The molecule has 0 bridgehead atoms. The van der Waals surface area contributed by atoms with Gasteiger partial charge in [0, 0.05) is 31.7 Å². The van der Waals surface area contributed by atoms with Crippen LogP contribution >= 0.6 is 11.6 Å². The minimum Gasteiger partial charge on any atom is -0.383 e. The normalized spacial score (nSPS) is 21.9. The first-order valence-electron chi connectivity index (χ1n) is 10.6. The molecule has 1 saturated carbocycles. The number of benzene rings is 1. The summed E-state index contributed by atoms with van der Waals surface area (Å²) in [5.74, 6) is 0.233. The largest absolute Gasteiger partial charge is 0.383 e. The fraction of sp³-hybridized carbons (Fsp3) is 0.364. The number of amides is 1. The Balaban J connectivity index is 1.33. The molecule has 1 saturated heterocycles. The number of hydrogen-bond acceptors (Lipinski definition) is 6. The quantitative estimate of drug-likeness (QED) is 0.600. The number of rotatable bonds is 4. The Bertz CT molecular complexity index is 1200. The van der Waals surface area contributed by atoms with Gasteiger partial charge >= 0.3 is 0 Å². The summed E-state index contributed by atoms with van der Waals surface area (Å²) >= 11 is 5.83. The Labute approximate surface area is 193 Å². The van der Waals surface area contributed by atoms with Crippen LogP contribution < -0.4 is 16.0 Å². The van der Waals surface area contributed by atoms with E-state index in [9.17, 15) is 13.6 Å². The zero-order chi connectivity index (χ0) is 23.3. The summed E-state index contributed by atoms with van der Waals surface area (Å²) in [6.45, 7) is 1.54. The lowest BCUT2D eigenvalue weighted by atomic mass is 9.97. The Hall–Kier alpha value is -3.27. The Morgan fingerprint density at radius 1 is 1.18 bits per heavy atom. The van der Waals surface area contributed by atoms with Crippen molar-refractivity contribution in [1.29, 1.82) is 0 Å². The number of aryl methyl sites for hydroxylation is 1. The molecule has 0 radical (unpaired) electrons.